The number of aromatic nitrogens is 2. The van der Waals surface area contributed by atoms with Gasteiger partial charge in [-0.2, -0.15) is 0 Å². The standard InChI is InChI=1S/C39H33BN4/c1-6-11-33-41(5)29-16-9-14-27-37(29)43(33)31-21-25(39(2,3)4)22-32-35(31)40(27)28-15-10-17-30-38(28)44(32)34-20-24-19-18-23-12-7-8-13-26(23)36(24)42(30)34/h7-22H,6H2,1-5H3/b33-11+. The largest absolute Gasteiger partial charge is 0.329 e. The SMILES string of the molecule is CC/C=C1\N(C)c2cccc3c2N1c1cc(C(C)(C)C)cc2c1B3c1cccc3c1n-2c1cc2ccc4ccccc4c2n31. The first-order valence-electron chi connectivity index (χ1n) is 15.9. The highest BCUT2D eigenvalue weighted by Crippen LogP contribution is 2.49. The summed E-state index contributed by atoms with van der Waals surface area (Å²) in [6.45, 7) is 9.43. The maximum absolute atomic E-state index is 2.59. The van der Waals surface area contributed by atoms with Gasteiger partial charge in [0.2, 0.25) is 0 Å². The highest BCUT2D eigenvalue weighted by molar-refractivity contribution is 7.00. The van der Waals surface area contributed by atoms with Gasteiger partial charge in [-0.3, -0.25) is 13.9 Å². The molecule has 7 aromatic rings. The van der Waals surface area contributed by atoms with E-state index in [4.69, 9.17) is 0 Å². The summed E-state index contributed by atoms with van der Waals surface area (Å²) in [6, 6.07) is 34.6. The van der Waals surface area contributed by atoms with E-state index in [9.17, 15) is 0 Å². The third-order valence-electron chi connectivity index (χ3n) is 10.4. The Hall–Kier alpha value is -4.90. The molecule has 0 amide bonds. The molecule has 3 aliphatic heterocycles. The van der Waals surface area contributed by atoms with Crippen LogP contribution in [0.25, 0.3) is 44.0 Å². The van der Waals surface area contributed by atoms with Gasteiger partial charge < -0.3 is 4.90 Å². The molecule has 0 N–H and O–H groups in total. The van der Waals surface area contributed by atoms with Gasteiger partial charge in [0, 0.05) is 29.2 Å². The molecule has 0 atom stereocenters. The van der Waals surface area contributed by atoms with E-state index >= 15 is 0 Å². The molecule has 0 radical (unpaired) electrons. The second-order valence-corrected chi connectivity index (χ2v) is 13.8. The maximum Gasteiger partial charge on any atom is 0.252 e. The Bertz CT molecular complexity index is 2450. The Balaban J connectivity index is 1.43. The molecule has 10 rings (SSSR count). The zero-order valence-corrected chi connectivity index (χ0v) is 25.8. The number of allylic oxidation sites excluding steroid dienone is 1. The van der Waals surface area contributed by atoms with Crippen LogP contribution in [0.3, 0.4) is 0 Å². The number of benzene rings is 5. The van der Waals surface area contributed by atoms with Crippen LogP contribution in [0.1, 0.15) is 39.7 Å². The average Bonchev–Trinajstić information content (AvgIpc) is 3.65. The fourth-order valence-corrected chi connectivity index (χ4v) is 8.47. The molecule has 0 aliphatic carbocycles. The van der Waals surface area contributed by atoms with E-state index in [0.29, 0.717) is 0 Å². The maximum atomic E-state index is 2.59. The second-order valence-electron chi connectivity index (χ2n) is 13.8. The average molecular weight is 569 g/mol. The van der Waals surface area contributed by atoms with Crippen molar-refractivity contribution in [3.05, 3.63) is 108 Å². The quantitative estimate of drug-likeness (QED) is 0.191. The van der Waals surface area contributed by atoms with Crippen molar-refractivity contribution in [2.75, 3.05) is 16.8 Å². The zero-order chi connectivity index (χ0) is 29.6. The van der Waals surface area contributed by atoms with Crippen LogP contribution in [-0.4, -0.2) is 22.7 Å². The second kappa shape index (κ2) is 7.98. The molecule has 4 nitrogen and oxygen atoms in total. The highest BCUT2D eigenvalue weighted by Gasteiger charge is 2.47. The number of para-hydroxylation sites is 2. The molecule has 0 fully saturated rings. The van der Waals surface area contributed by atoms with Crippen molar-refractivity contribution < 1.29 is 0 Å². The van der Waals surface area contributed by atoms with Crippen LogP contribution in [-0.2, 0) is 5.41 Å². The lowest BCUT2D eigenvalue weighted by atomic mass is 9.33. The molecular formula is C39H33BN4. The Labute approximate surface area is 257 Å². The summed E-state index contributed by atoms with van der Waals surface area (Å²) in [7, 11) is 2.22. The molecule has 5 heteroatoms. The van der Waals surface area contributed by atoms with Crippen LogP contribution in [0, 0.1) is 0 Å². The van der Waals surface area contributed by atoms with Gasteiger partial charge in [0.25, 0.3) is 6.71 Å². The van der Waals surface area contributed by atoms with Crippen molar-refractivity contribution in [2.24, 2.45) is 0 Å². The summed E-state index contributed by atoms with van der Waals surface area (Å²) in [5.41, 5.74) is 15.9. The minimum atomic E-state index is -0.0104. The van der Waals surface area contributed by atoms with E-state index in [1.807, 2.05) is 0 Å². The fourth-order valence-electron chi connectivity index (χ4n) is 8.47. The number of fused-ring (bicyclic) bond motifs is 11. The molecule has 0 spiro atoms. The van der Waals surface area contributed by atoms with Crippen LogP contribution in [0.15, 0.2) is 103 Å². The lowest BCUT2D eigenvalue weighted by molar-refractivity contribution is 0.590. The first kappa shape index (κ1) is 24.5. The first-order valence-corrected chi connectivity index (χ1v) is 15.9. The van der Waals surface area contributed by atoms with E-state index < -0.39 is 0 Å². The molecule has 5 aromatic carbocycles. The van der Waals surface area contributed by atoms with Crippen molar-refractivity contribution in [3.8, 4) is 5.69 Å². The molecule has 44 heavy (non-hydrogen) atoms. The lowest BCUT2D eigenvalue weighted by Gasteiger charge is -2.39. The van der Waals surface area contributed by atoms with Gasteiger partial charge in [-0.25, -0.2) is 0 Å². The van der Waals surface area contributed by atoms with Crippen LogP contribution in [0.2, 0.25) is 0 Å². The van der Waals surface area contributed by atoms with E-state index in [1.165, 1.54) is 88.9 Å². The monoisotopic (exact) mass is 568 g/mol. The smallest absolute Gasteiger partial charge is 0.252 e. The van der Waals surface area contributed by atoms with Gasteiger partial charge in [0.15, 0.2) is 0 Å². The van der Waals surface area contributed by atoms with Crippen LogP contribution in [0.4, 0.5) is 17.1 Å². The zero-order valence-electron chi connectivity index (χ0n) is 25.8. The molecule has 0 saturated carbocycles. The number of rotatable bonds is 1. The molecule has 3 aliphatic rings. The third-order valence-corrected chi connectivity index (χ3v) is 10.4. The predicted molar refractivity (Wildman–Crippen MR) is 188 cm³/mol. The first-order chi connectivity index (χ1) is 21.4. The van der Waals surface area contributed by atoms with Gasteiger partial charge in [-0.1, -0.05) is 88.4 Å². The number of imidazole rings is 1. The van der Waals surface area contributed by atoms with Gasteiger partial charge in [0.1, 0.15) is 11.5 Å². The Kier molecular flexibility index (Phi) is 4.45. The van der Waals surface area contributed by atoms with Crippen molar-refractivity contribution >= 4 is 78.5 Å². The summed E-state index contributed by atoms with van der Waals surface area (Å²) in [5, 5.41) is 3.85. The van der Waals surface area contributed by atoms with Crippen LogP contribution in [0.5, 0.6) is 0 Å². The summed E-state index contributed by atoms with van der Waals surface area (Å²) >= 11 is 0. The van der Waals surface area contributed by atoms with Crippen LogP contribution >= 0.6 is 0 Å². The van der Waals surface area contributed by atoms with E-state index in [1.54, 1.807) is 0 Å². The van der Waals surface area contributed by atoms with Crippen LogP contribution < -0.4 is 26.2 Å². The number of anilines is 3. The highest BCUT2D eigenvalue weighted by atomic mass is 15.4. The van der Waals surface area contributed by atoms with Crippen molar-refractivity contribution in [1.29, 1.82) is 0 Å². The normalized spacial score (nSPS) is 15.8. The van der Waals surface area contributed by atoms with Gasteiger partial charge in [0.05, 0.1) is 27.9 Å². The molecule has 0 saturated heterocycles. The Morgan fingerprint density at radius 2 is 1.52 bits per heavy atom. The summed E-state index contributed by atoms with van der Waals surface area (Å²) in [5.74, 6) is 1.25. The Morgan fingerprint density at radius 1 is 0.750 bits per heavy atom. The summed E-state index contributed by atoms with van der Waals surface area (Å²) < 4.78 is 5.11. The van der Waals surface area contributed by atoms with E-state index in [-0.39, 0.29) is 12.1 Å². The fraction of sp³-hybridized carbons (Fsp3) is 0.179. The van der Waals surface area contributed by atoms with E-state index in [2.05, 4.69) is 151 Å². The Morgan fingerprint density at radius 3 is 2.36 bits per heavy atom. The minimum absolute atomic E-state index is 0.0104. The van der Waals surface area contributed by atoms with Gasteiger partial charge in [-0.15, -0.1) is 0 Å². The van der Waals surface area contributed by atoms with Gasteiger partial charge in [-0.05, 0) is 75.6 Å². The summed E-state index contributed by atoms with van der Waals surface area (Å²) in [4.78, 5) is 4.95. The van der Waals surface area contributed by atoms with Crippen molar-refractivity contribution in [1.82, 2.24) is 8.97 Å². The number of hydrogen-bond acceptors (Lipinski definition) is 2. The molecule has 0 unspecified atom stereocenters. The molecule has 212 valence electrons. The number of hydrogen-bond donors (Lipinski definition) is 0. The van der Waals surface area contributed by atoms with Crippen molar-refractivity contribution in [3.63, 3.8) is 0 Å². The topological polar surface area (TPSA) is 15.8 Å². The predicted octanol–water partition coefficient (Wildman–Crippen LogP) is 7.47. The van der Waals surface area contributed by atoms with E-state index in [0.717, 1.165) is 6.42 Å². The lowest BCUT2D eigenvalue weighted by Crippen LogP contribution is -2.60. The number of nitrogens with zero attached hydrogens (tertiary/aromatic N) is 4. The third kappa shape index (κ3) is 2.77. The molecule has 2 aromatic heterocycles. The molecular weight excluding hydrogens is 535 g/mol. The molecule has 5 heterocycles. The van der Waals surface area contributed by atoms with Crippen molar-refractivity contribution in [2.45, 2.75) is 39.5 Å². The molecule has 0 bridgehead atoms. The van der Waals surface area contributed by atoms with Gasteiger partial charge >= 0.3 is 0 Å². The minimum Gasteiger partial charge on any atom is -0.329 e. The summed E-state index contributed by atoms with van der Waals surface area (Å²) in [6.07, 6.45) is 3.37.